The van der Waals surface area contributed by atoms with Gasteiger partial charge in [0.05, 0.1) is 5.56 Å². The second-order valence-electron chi connectivity index (χ2n) is 4.87. The van der Waals surface area contributed by atoms with E-state index in [0.29, 0.717) is 16.7 Å². The Hall–Kier alpha value is -2.86. The largest absolute Gasteiger partial charge is 0.287 e. The van der Waals surface area contributed by atoms with Gasteiger partial charge < -0.3 is 0 Å². The number of rotatable bonds is 4. The molecule has 0 radical (unpaired) electrons. The van der Waals surface area contributed by atoms with Crippen LogP contribution in [0.2, 0.25) is 5.02 Å². The Morgan fingerprint density at radius 3 is 2.50 bits per heavy atom. The van der Waals surface area contributed by atoms with E-state index in [1.165, 1.54) is 23.4 Å². The van der Waals surface area contributed by atoms with Crippen LogP contribution in [0.1, 0.15) is 15.9 Å². The fourth-order valence-electron chi connectivity index (χ4n) is 2.10. The standard InChI is InChI=1S/C17H10ClF2N3O/c18-12-3-1-11(2-4-12)7-16(23-10-21-9-22-23)17(24)14-6-5-13(19)8-15(14)20/h1-10H/b16-7+. The second-order valence-corrected chi connectivity index (χ2v) is 5.31. The second kappa shape index (κ2) is 6.72. The zero-order valence-electron chi connectivity index (χ0n) is 12.2. The lowest BCUT2D eigenvalue weighted by atomic mass is 10.1. The van der Waals surface area contributed by atoms with Gasteiger partial charge in [-0.15, -0.1) is 0 Å². The molecule has 0 bridgehead atoms. The van der Waals surface area contributed by atoms with Crippen LogP contribution in [-0.2, 0) is 0 Å². The first-order chi connectivity index (χ1) is 11.5. The van der Waals surface area contributed by atoms with Crippen LogP contribution in [-0.4, -0.2) is 20.5 Å². The summed E-state index contributed by atoms with van der Waals surface area (Å²) in [5.74, 6) is -2.34. The maximum atomic E-state index is 13.9. The van der Waals surface area contributed by atoms with E-state index in [2.05, 4.69) is 10.1 Å². The van der Waals surface area contributed by atoms with Gasteiger partial charge in [-0.1, -0.05) is 23.7 Å². The molecule has 0 spiro atoms. The number of hydrogen-bond donors (Lipinski definition) is 0. The Balaban J connectivity index is 2.08. The first kappa shape index (κ1) is 16.0. The fourth-order valence-corrected chi connectivity index (χ4v) is 2.22. The van der Waals surface area contributed by atoms with Gasteiger partial charge in [-0.05, 0) is 35.9 Å². The third-order valence-corrected chi connectivity index (χ3v) is 3.50. The maximum Gasteiger partial charge on any atom is 0.214 e. The third-order valence-electron chi connectivity index (χ3n) is 3.25. The van der Waals surface area contributed by atoms with E-state index in [-0.39, 0.29) is 11.3 Å². The molecule has 0 fully saturated rings. The molecule has 0 saturated heterocycles. The highest BCUT2D eigenvalue weighted by atomic mass is 35.5. The van der Waals surface area contributed by atoms with Crippen molar-refractivity contribution in [3.05, 3.63) is 82.9 Å². The summed E-state index contributed by atoms with van der Waals surface area (Å²) in [5.41, 5.74) is 0.480. The average Bonchev–Trinajstić information content (AvgIpc) is 3.08. The summed E-state index contributed by atoms with van der Waals surface area (Å²) in [6.45, 7) is 0. The zero-order chi connectivity index (χ0) is 17.1. The van der Waals surface area contributed by atoms with Crippen LogP contribution < -0.4 is 0 Å². The Kier molecular flexibility index (Phi) is 4.48. The smallest absolute Gasteiger partial charge is 0.214 e. The van der Waals surface area contributed by atoms with E-state index in [9.17, 15) is 13.6 Å². The van der Waals surface area contributed by atoms with Gasteiger partial charge in [0.25, 0.3) is 0 Å². The fraction of sp³-hybridized carbons (Fsp3) is 0. The molecule has 0 atom stereocenters. The summed E-state index contributed by atoms with van der Waals surface area (Å²) in [6, 6.07) is 9.51. The van der Waals surface area contributed by atoms with Crippen molar-refractivity contribution in [3.8, 4) is 0 Å². The van der Waals surface area contributed by atoms with Crippen LogP contribution in [0.4, 0.5) is 8.78 Å². The summed E-state index contributed by atoms with van der Waals surface area (Å²) in [5, 5.41) is 4.46. The summed E-state index contributed by atoms with van der Waals surface area (Å²) in [4.78, 5) is 16.5. The number of benzene rings is 2. The van der Waals surface area contributed by atoms with Gasteiger partial charge in [0.1, 0.15) is 30.0 Å². The number of nitrogens with zero attached hydrogens (tertiary/aromatic N) is 3. The van der Waals surface area contributed by atoms with E-state index in [1.807, 2.05) is 0 Å². The molecular formula is C17H10ClF2N3O. The minimum Gasteiger partial charge on any atom is -0.287 e. The Morgan fingerprint density at radius 1 is 1.12 bits per heavy atom. The van der Waals surface area contributed by atoms with Crippen LogP contribution in [0, 0.1) is 11.6 Å². The number of Topliss-reactive ketones (excluding diaryl/α,β-unsaturated/α-hetero) is 1. The van der Waals surface area contributed by atoms with Crippen molar-refractivity contribution in [3.63, 3.8) is 0 Å². The third kappa shape index (κ3) is 3.38. The van der Waals surface area contributed by atoms with Gasteiger partial charge >= 0.3 is 0 Å². The number of aromatic nitrogens is 3. The number of ketones is 1. The number of hydrogen-bond acceptors (Lipinski definition) is 3. The van der Waals surface area contributed by atoms with Crippen LogP contribution in [0.5, 0.6) is 0 Å². The Bertz CT molecular complexity index is 906. The SMILES string of the molecule is O=C(/C(=C\c1ccc(Cl)cc1)n1cncn1)c1ccc(F)cc1F. The van der Waals surface area contributed by atoms with Crippen LogP contribution in [0.25, 0.3) is 11.8 Å². The van der Waals surface area contributed by atoms with Crippen molar-refractivity contribution in [2.45, 2.75) is 0 Å². The van der Waals surface area contributed by atoms with E-state index < -0.39 is 17.4 Å². The van der Waals surface area contributed by atoms with Crippen molar-refractivity contribution in [1.82, 2.24) is 14.8 Å². The van der Waals surface area contributed by atoms with Crippen molar-refractivity contribution in [1.29, 1.82) is 0 Å². The number of carbonyl (C=O) groups is 1. The highest BCUT2D eigenvalue weighted by molar-refractivity contribution is 6.30. The van der Waals surface area contributed by atoms with Crippen LogP contribution in [0.3, 0.4) is 0 Å². The van der Waals surface area contributed by atoms with E-state index in [4.69, 9.17) is 11.6 Å². The first-order valence-corrected chi connectivity index (χ1v) is 7.24. The van der Waals surface area contributed by atoms with Crippen LogP contribution in [0.15, 0.2) is 55.1 Å². The predicted octanol–water partition coefficient (Wildman–Crippen LogP) is 4.09. The number of halogens is 3. The van der Waals surface area contributed by atoms with Gasteiger partial charge in [-0.3, -0.25) is 4.79 Å². The lowest BCUT2D eigenvalue weighted by molar-refractivity contribution is 0.104. The first-order valence-electron chi connectivity index (χ1n) is 6.86. The van der Waals surface area contributed by atoms with Crippen molar-refractivity contribution in [2.75, 3.05) is 0 Å². The molecule has 3 rings (SSSR count). The van der Waals surface area contributed by atoms with E-state index in [1.54, 1.807) is 24.3 Å². The molecule has 4 nitrogen and oxygen atoms in total. The Morgan fingerprint density at radius 2 is 1.88 bits per heavy atom. The molecular weight excluding hydrogens is 336 g/mol. The summed E-state index contributed by atoms with van der Waals surface area (Å²) >= 11 is 5.84. The van der Waals surface area contributed by atoms with Gasteiger partial charge in [-0.2, -0.15) is 5.10 Å². The number of carbonyl (C=O) groups excluding carboxylic acids is 1. The highest BCUT2D eigenvalue weighted by Crippen LogP contribution is 2.20. The molecule has 0 aliphatic heterocycles. The predicted molar refractivity (Wildman–Crippen MR) is 86.3 cm³/mol. The van der Waals surface area contributed by atoms with E-state index in [0.717, 1.165) is 12.1 Å². The minimum absolute atomic E-state index is 0.0698. The average molecular weight is 346 g/mol. The molecule has 2 aromatic carbocycles. The molecule has 120 valence electrons. The monoisotopic (exact) mass is 345 g/mol. The Labute approximate surface area is 141 Å². The highest BCUT2D eigenvalue weighted by Gasteiger charge is 2.19. The molecule has 0 amide bonds. The lowest BCUT2D eigenvalue weighted by Crippen LogP contribution is -2.12. The molecule has 0 saturated carbocycles. The molecule has 24 heavy (non-hydrogen) atoms. The summed E-state index contributed by atoms with van der Waals surface area (Å²) in [6.07, 6.45) is 4.10. The molecule has 1 heterocycles. The molecule has 1 aromatic heterocycles. The molecule has 0 N–H and O–H groups in total. The zero-order valence-corrected chi connectivity index (χ0v) is 12.9. The quantitative estimate of drug-likeness (QED) is 0.528. The maximum absolute atomic E-state index is 13.9. The van der Waals surface area contributed by atoms with Gasteiger partial charge in [-0.25, -0.2) is 18.4 Å². The van der Waals surface area contributed by atoms with Crippen molar-refractivity contribution >= 4 is 29.2 Å². The molecule has 3 aromatic rings. The minimum atomic E-state index is -0.942. The normalized spacial score (nSPS) is 11.5. The molecule has 0 aliphatic carbocycles. The van der Waals surface area contributed by atoms with E-state index >= 15 is 0 Å². The lowest BCUT2D eigenvalue weighted by Gasteiger charge is -2.08. The van der Waals surface area contributed by atoms with Gasteiger partial charge in [0.2, 0.25) is 5.78 Å². The molecule has 0 aliphatic rings. The summed E-state index contributed by atoms with van der Waals surface area (Å²) < 4.78 is 28.2. The molecule has 7 heteroatoms. The number of allylic oxidation sites excluding steroid dienone is 1. The molecule has 0 unspecified atom stereocenters. The van der Waals surface area contributed by atoms with Crippen LogP contribution >= 0.6 is 11.6 Å². The van der Waals surface area contributed by atoms with Gasteiger partial charge in [0.15, 0.2) is 0 Å². The van der Waals surface area contributed by atoms with Crippen molar-refractivity contribution < 1.29 is 13.6 Å². The van der Waals surface area contributed by atoms with Gasteiger partial charge in [0, 0.05) is 11.1 Å². The topological polar surface area (TPSA) is 47.8 Å². The van der Waals surface area contributed by atoms with Crippen molar-refractivity contribution in [2.24, 2.45) is 0 Å². The summed E-state index contributed by atoms with van der Waals surface area (Å²) in [7, 11) is 0.